The lowest BCUT2D eigenvalue weighted by Crippen LogP contribution is -2.45. The maximum absolute atomic E-state index is 11.4. The topological polar surface area (TPSA) is 26.3 Å². The third kappa shape index (κ3) is 3.39. The molecule has 0 aliphatic heterocycles. The zero-order valence-corrected chi connectivity index (χ0v) is 12.6. The van der Waals surface area contributed by atoms with Crippen LogP contribution in [-0.4, -0.2) is 20.2 Å². The lowest BCUT2D eigenvalue weighted by Gasteiger charge is -2.40. The van der Waals surface area contributed by atoms with E-state index in [4.69, 9.17) is 4.43 Å². The van der Waals surface area contributed by atoms with E-state index in [1.165, 1.54) is 0 Å². The number of ketones is 1. The van der Waals surface area contributed by atoms with Crippen molar-refractivity contribution in [2.24, 2.45) is 5.92 Å². The number of allylic oxidation sites excluding steroid dienone is 1. The molecule has 2 atom stereocenters. The fourth-order valence-corrected chi connectivity index (χ4v) is 2.91. The molecule has 17 heavy (non-hydrogen) atoms. The molecule has 1 aliphatic rings. The predicted molar refractivity (Wildman–Crippen MR) is 74.5 cm³/mol. The van der Waals surface area contributed by atoms with E-state index in [2.05, 4.69) is 40.4 Å². The lowest BCUT2D eigenvalue weighted by molar-refractivity contribution is -0.116. The van der Waals surface area contributed by atoms with Crippen molar-refractivity contribution in [3.63, 3.8) is 0 Å². The van der Waals surface area contributed by atoms with Crippen LogP contribution in [0.25, 0.3) is 0 Å². The average Bonchev–Trinajstić information content (AvgIpc) is 2.18. The largest absolute Gasteiger partial charge is 0.410 e. The molecule has 0 unspecified atom stereocenters. The van der Waals surface area contributed by atoms with Gasteiger partial charge in [0.2, 0.25) is 0 Å². The summed E-state index contributed by atoms with van der Waals surface area (Å²) in [4.78, 5) is 11.4. The standard InChI is InChI=1S/C14H24O2Si/c1-7-11-10-12(15)8-9-13(11)16-17(5,6)14(2,3)4/h7-9,11,13H,1,10H2,2-6H3/t11-,13-/m1/s1. The van der Waals surface area contributed by atoms with Gasteiger partial charge in [0.25, 0.3) is 0 Å². The second-order valence-corrected chi connectivity index (χ2v) is 11.0. The Bertz CT molecular complexity index is 337. The molecule has 1 aliphatic carbocycles. The van der Waals surface area contributed by atoms with Crippen molar-refractivity contribution in [2.45, 2.75) is 51.4 Å². The zero-order valence-electron chi connectivity index (χ0n) is 11.6. The molecular formula is C14H24O2Si. The van der Waals surface area contributed by atoms with Crippen LogP contribution >= 0.6 is 0 Å². The van der Waals surface area contributed by atoms with Gasteiger partial charge in [0, 0.05) is 12.3 Å². The summed E-state index contributed by atoms with van der Waals surface area (Å²) < 4.78 is 6.32. The highest BCUT2D eigenvalue weighted by Crippen LogP contribution is 2.39. The van der Waals surface area contributed by atoms with Gasteiger partial charge in [-0.1, -0.05) is 32.9 Å². The van der Waals surface area contributed by atoms with Crippen LogP contribution in [0.3, 0.4) is 0 Å². The lowest BCUT2D eigenvalue weighted by atomic mass is 9.91. The molecule has 0 N–H and O–H groups in total. The number of carbonyl (C=O) groups excluding carboxylic acids is 1. The first kappa shape index (κ1) is 14.4. The van der Waals surface area contributed by atoms with Crippen LogP contribution in [0.15, 0.2) is 24.8 Å². The highest BCUT2D eigenvalue weighted by Gasteiger charge is 2.40. The molecule has 0 aromatic carbocycles. The molecule has 0 radical (unpaired) electrons. The summed E-state index contributed by atoms with van der Waals surface area (Å²) >= 11 is 0. The van der Waals surface area contributed by atoms with Gasteiger partial charge in [-0.05, 0) is 24.2 Å². The Morgan fingerprint density at radius 1 is 1.47 bits per heavy atom. The van der Waals surface area contributed by atoms with Gasteiger partial charge >= 0.3 is 0 Å². The van der Waals surface area contributed by atoms with Gasteiger partial charge in [0.1, 0.15) is 0 Å². The summed E-state index contributed by atoms with van der Waals surface area (Å²) in [5.74, 6) is 0.298. The maximum Gasteiger partial charge on any atom is 0.192 e. The number of rotatable bonds is 3. The molecule has 0 fully saturated rings. The molecule has 3 heteroatoms. The van der Waals surface area contributed by atoms with Crippen molar-refractivity contribution in [3.05, 3.63) is 24.8 Å². The smallest absolute Gasteiger partial charge is 0.192 e. The van der Waals surface area contributed by atoms with Gasteiger partial charge in [-0.25, -0.2) is 0 Å². The van der Waals surface area contributed by atoms with E-state index in [0.717, 1.165) is 0 Å². The molecule has 2 nitrogen and oxygen atoms in total. The minimum Gasteiger partial charge on any atom is -0.410 e. The zero-order chi connectivity index (χ0) is 13.3. The minimum absolute atomic E-state index is 0.0195. The average molecular weight is 252 g/mol. The van der Waals surface area contributed by atoms with Gasteiger partial charge in [-0.2, -0.15) is 0 Å². The van der Waals surface area contributed by atoms with Crippen molar-refractivity contribution in [1.29, 1.82) is 0 Å². The van der Waals surface area contributed by atoms with E-state index in [9.17, 15) is 4.79 Å². The molecule has 0 aromatic rings. The molecule has 0 heterocycles. The molecule has 0 bridgehead atoms. The van der Waals surface area contributed by atoms with E-state index in [1.54, 1.807) is 6.08 Å². The Morgan fingerprint density at radius 2 is 2.06 bits per heavy atom. The van der Waals surface area contributed by atoms with Gasteiger partial charge < -0.3 is 4.43 Å². The Morgan fingerprint density at radius 3 is 2.53 bits per heavy atom. The van der Waals surface area contributed by atoms with Gasteiger partial charge in [-0.3, -0.25) is 4.79 Å². The second kappa shape index (κ2) is 4.90. The van der Waals surface area contributed by atoms with Gasteiger partial charge in [-0.15, -0.1) is 6.58 Å². The van der Waals surface area contributed by atoms with E-state index >= 15 is 0 Å². The summed E-state index contributed by atoms with van der Waals surface area (Å²) in [7, 11) is -1.78. The number of carbonyl (C=O) groups is 1. The highest BCUT2D eigenvalue weighted by atomic mass is 28.4. The van der Waals surface area contributed by atoms with Gasteiger partial charge in [0.05, 0.1) is 6.10 Å². The Hall–Kier alpha value is -0.673. The van der Waals surface area contributed by atoms with Crippen molar-refractivity contribution < 1.29 is 9.22 Å². The summed E-state index contributed by atoms with van der Waals surface area (Å²) in [5, 5.41) is 0.189. The molecule has 0 spiro atoms. The molecule has 0 aromatic heterocycles. The predicted octanol–water partition coefficient (Wildman–Crippen LogP) is 3.71. The van der Waals surface area contributed by atoms with E-state index < -0.39 is 8.32 Å². The fraction of sp³-hybridized carbons (Fsp3) is 0.643. The SMILES string of the molecule is C=C[C@@H]1CC(=O)C=C[C@H]1O[Si](C)(C)C(C)(C)C. The summed E-state index contributed by atoms with van der Waals surface area (Å²) in [5.41, 5.74) is 0. The third-order valence-corrected chi connectivity index (χ3v) is 8.34. The quantitative estimate of drug-likeness (QED) is 0.565. The summed E-state index contributed by atoms with van der Waals surface area (Å²) in [6.45, 7) is 14.9. The second-order valence-electron chi connectivity index (χ2n) is 6.27. The van der Waals surface area contributed by atoms with Crippen LogP contribution in [0, 0.1) is 5.92 Å². The Kier molecular flexibility index (Phi) is 4.15. The van der Waals surface area contributed by atoms with E-state index in [-0.39, 0.29) is 22.8 Å². The van der Waals surface area contributed by atoms with Crippen LogP contribution in [-0.2, 0) is 9.22 Å². The van der Waals surface area contributed by atoms with Crippen LogP contribution in [0.1, 0.15) is 27.2 Å². The molecule has 0 amide bonds. The monoisotopic (exact) mass is 252 g/mol. The van der Waals surface area contributed by atoms with E-state index in [0.29, 0.717) is 6.42 Å². The molecular weight excluding hydrogens is 228 g/mol. The number of hydrogen-bond donors (Lipinski definition) is 0. The molecule has 1 rings (SSSR count). The fourth-order valence-electron chi connectivity index (χ4n) is 1.62. The Balaban J connectivity index is 2.83. The normalized spacial score (nSPS) is 26.1. The molecule has 96 valence electrons. The first-order valence-electron chi connectivity index (χ1n) is 6.19. The maximum atomic E-state index is 11.4. The van der Waals surface area contributed by atoms with Crippen LogP contribution in [0.2, 0.25) is 18.1 Å². The van der Waals surface area contributed by atoms with Gasteiger partial charge in [0.15, 0.2) is 14.1 Å². The van der Waals surface area contributed by atoms with Crippen LogP contribution in [0.5, 0.6) is 0 Å². The van der Waals surface area contributed by atoms with Crippen LogP contribution < -0.4 is 0 Å². The Labute approximate surface area is 106 Å². The van der Waals surface area contributed by atoms with Crippen molar-refractivity contribution >= 4 is 14.1 Å². The summed E-state index contributed by atoms with van der Waals surface area (Å²) in [6.07, 6.45) is 5.95. The van der Waals surface area contributed by atoms with Crippen molar-refractivity contribution in [1.82, 2.24) is 0 Å². The summed E-state index contributed by atoms with van der Waals surface area (Å²) in [6, 6.07) is 0. The molecule has 0 saturated heterocycles. The van der Waals surface area contributed by atoms with Crippen LogP contribution in [0.4, 0.5) is 0 Å². The molecule has 0 saturated carbocycles. The number of hydrogen-bond acceptors (Lipinski definition) is 2. The van der Waals surface area contributed by atoms with Crippen molar-refractivity contribution in [3.8, 4) is 0 Å². The third-order valence-electron chi connectivity index (χ3n) is 3.87. The minimum atomic E-state index is -1.78. The first-order chi connectivity index (χ1) is 7.67. The van der Waals surface area contributed by atoms with Crippen molar-refractivity contribution in [2.75, 3.05) is 0 Å². The van der Waals surface area contributed by atoms with E-state index in [1.807, 2.05) is 12.2 Å². The first-order valence-corrected chi connectivity index (χ1v) is 9.09. The highest BCUT2D eigenvalue weighted by molar-refractivity contribution is 6.74.